The van der Waals surface area contributed by atoms with Crippen molar-refractivity contribution in [3.05, 3.63) is 34.9 Å². The predicted molar refractivity (Wildman–Crippen MR) is 78.9 cm³/mol. The van der Waals surface area contributed by atoms with E-state index >= 15 is 0 Å². The Hall–Kier alpha value is -0.820. The first-order valence-corrected chi connectivity index (χ1v) is 7.66. The van der Waals surface area contributed by atoms with Gasteiger partial charge in [-0.2, -0.15) is 0 Å². The Morgan fingerprint density at radius 1 is 1.11 bits per heavy atom. The van der Waals surface area contributed by atoms with Crippen molar-refractivity contribution in [1.82, 2.24) is 0 Å². The van der Waals surface area contributed by atoms with Crippen LogP contribution in [0.15, 0.2) is 18.2 Å². The third-order valence-electron chi connectivity index (χ3n) is 4.09. The van der Waals surface area contributed by atoms with Crippen LogP contribution in [0.1, 0.15) is 62.1 Å². The molecule has 2 N–H and O–H groups in total. The van der Waals surface area contributed by atoms with Gasteiger partial charge in [-0.05, 0) is 48.8 Å². The van der Waals surface area contributed by atoms with Gasteiger partial charge in [-0.15, -0.1) is 0 Å². The van der Waals surface area contributed by atoms with Gasteiger partial charge in [0.05, 0.1) is 0 Å². The van der Waals surface area contributed by atoms with Crippen molar-refractivity contribution < 1.29 is 0 Å². The normalized spacial score (nSPS) is 15.7. The van der Waals surface area contributed by atoms with Gasteiger partial charge >= 0.3 is 0 Å². The molecule has 1 atom stereocenters. The molecule has 0 amide bonds. The van der Waals surface area contributed by atoms with Crippen molar-refractivity contribution in [3.63, 3.8) is 0 Å². The fourth-order valence-electron chi connectivity index (χ4n) is 2.99. The third kappa shape index (κ3) is 3.84. The van der Waals surface area contributed by atoms with Crippen LogP contribution in [-0.2, 0) is 19.3 Å². The second-order valence-electron chi connectivity index (χ2n) is 5.77. The van der Waals surface area contributed by atoms with Crippen LogP contribution >= 0.6 is 0 Å². The van der Waals surface area contributed by atoms with Crippen LogP contribution in [-0.4, -0.2) is 6.04 Å². The van der Waals surface area contributed by atoms with E-state index in [4.69, 9.17) is 5.73 Å². The number of hydrogen-bond donors (Lipinski definition) is 1. The lowest BCUT2D eigenvalue weighted by atomic mass is 9.98. The number of rotatable bonds is 7. The Kier molecular flexibility index (Phi) is 5.25. The Morgan fingerprint density at radius 2 is 1.94 bits per heavy atom. The van der Waals surface area contributed by atoms with E-state index < -0.39 is 0 Å². The van der Waals surface area contributed by atoms with Crippen LogP contribution in [0.5, 0.6) is 0 Å². The molecule has 0 bridgehead atoms. The maximum Gasteiger partial charge on any atom is 0.00793 e. The first-order chi connectivity index (χ1) is 8.79. The zero-order valence-electron chi connectivity index (χ0n) is 11.8. The zero-order chi connectivity index (χ0) is 12.8. The van der Waals surface area contributed by atoms with E-state index in [0.717, 1.165) is 6.42 Å². The summed E-state index contributed by atoms with van der Waals surface area (Å²) in [7, 11) is 0. The largest absolute Gasteiger partial charge is 0.327 e. The molecule has 100 valence electrons. The average molecular weight is 245 g/mol. The molecule has 1 aliphatic rings. The summed E-state index contributed by atoms with van der Waals surface area (Å²) in [6.07, 6.45) is 11.4. The summed E-state index contributed by atoms with van der Waals surface area (Å²) in [5.41, 5.74) is 10.8. The summed E-state index contributed by atoms with van der Waals surface area (Å²) in [6.45, 7) is 2.25. The van der Waals surface area contributed by atoms with Gasteiger partial charge in [-0.25, -0.2) is 0 Å². The predicted octanol–water partition coefficient (Wildman–Crippen LogP) is 4.02. The minimum absolute atomic E-state index is 0.348. The first-order valence-electron chi connectivity index (χ1n) is 7.66. The first kappa shape index (κ1) is 13.6. The number of nitrogens with two attached hydrogens (primary N) is 1. The molecule has 0 saturated carbocycles. The lowest BCUT2D eigenvalue weighted by Gasteiger charge is -2.12. The number of benzene rings is 1. The highest BCUT2D eigenvalue weighted by Crippen LogP contribution is 2.23. The van der Waals surface area contributed by atoms with Gasteiger partial charge < -0.3 is 5.73 Å². The van der Waals surface area contributed by atoms with E-state index in [9.17, 15) is 0 Å². The molecular formula is C17H27N. The van der Waals surface area contributed by atoms with Crippen LogP contribution in [0.25, 0.3) is 0 Å². The maximum absolute atomic E-state index is 6.23. The molecule has 1 heteroatoms. The molecule has 0 spiro atoms. The molecule has 1 nitrogen and oxygen atoms in total. The molecule has 18 heavy (non-hydrogen) atoms. The van der Waals surface area contributed by atoms with E-state index in [0.29, 0.717) is 6.04 Å². The van der Waals surface area contributed by atoms with Crippen molar-refractivity contribution in [2.75, 3.05) is 0 Å². The zero-order valence-corrected chi connectivity index (χ0v) is 11.8. The molecule has 1 aromatic rings. The highest BCUT2D eigenvalue weighted by molar-refractivity contribution is 5.35. The summed E-state index contributed by atoms with van der Waals surface area (Å²) in [5.74, 6) is 0. The molecule has 1 aromatic carbocycles. The summed E-state index contributed by atoms with van der Waals surface area (Å²) in [5, 5.41) is 0. The van der Waals surface area contributed by atoms with Crippen LogP contribution in [0.3, 0.4) is 0 Å². The van der Waals surface area contributed by atoms with Crippen LogP contribution in [0.2, 0.25) is 0 Å². The van der Waals surface area contributed by atoms with Crippen molar-refractivity contribution in [1.29, 1.82) is 0 Å². The highest BCUT2D eigenvalue weighted by Gasteiger charge is 2.12. The number of hydrogen-bond acceptors (Lipinski definition) is 1. The fraction of sp³-hybridized carbons (Fsp3) is 0.647. The molecule has 2 rings (SSSR count). The second-order valence-corrected chi connectivity index (χ2v) is 5.77. The van der Waals surface area contributed by atoms with Gasteiger partial charge in [0, 0.05) is 6.04 Å². The number of aryl methyl sites for hydroxylation is 2. The van der Waals surface area contributed by atoms with Gasteiger partial charge in [-0.1, -0.05) is 50.8 Å². The minimum atomic E-state index is 0.348. The topological polar surface area (TPSA) is 26.0 Å². The quantitative estimate of drug-likeness (QED) is 0.722. The van der Waals surface area contributed by atoms with Crippen LogP contribution < -0.4 is 5.73 Å². The van der Waals surface area contributed by atoms with Crippen LogP contribution in [0.4, 0.5) is 0 Å². The SMILES string of the molecule is CCCCCCC(N)Cc1ccc2c(c1)CCC2. The smallest absolute Gasteiger partial charge is 0.00793 e. The van der Waals surface area contributed by atoms with Crippen LogP contribution in [0, 0.1) is 0 Å². The monoisotopic (exact) mass is 245 g/mol. The molecule has 0 heterocycles. The molecule has 1 unspecified atom stereocenters. The Morgan fingerprint density at radius 3 is 2.78 bits per heavy atom. The molecule has 0 saturated heterocycles. The molecule has 1 aliphatic carbocycles. The number of fused-ring (bicyclic) bond motifs is 1. The summed E-state index contributed by atoms with van der Waals surface area (Å²) < 4.78 is 0. The van der Waals surface area contributed by atoms with Gasteiger partial charge in [0.2, 0.25) is 0 Å². The Balaban J connectivity index is 1.78. The lowest BCUT2D eigenvalue weighted by Crippen LogP contribution is -2.22. The minimum Gasteiger partial charge on any atom is -0.327 e. The lowest BCUT2D eigenvalue weighted by molar-refractivity contribution is 0.546. The standard InChI is InChI=1S/C17H27N/c1-2-3-4-5-9-17(18)13-14-10-11-15-7-6-8-16(15)12-14/h10-12,17H,2-9,13,18H2,1H3. The molecule has 0 radical (unpaired) electrons. The Bertz CT molecular complexity index is 370. The Labute approximate surface area is 112 Å². The van der Waals surface area contributed by atoms with Gasteiger partial charge in [0.15, 0.2) is 0 Å². The maximum atomic E-state index is 6.23. The van der Waals surface area contributed by atoms with Gasteiger partial charge in [0.1, 0.15) is 0 Å². The summed E-state index contributed by atoms with van der Waals surface area (Å²) >= 11 is 0. The molecule has 0 aromatic heterocycles. The number of unbranched alkanes of at least 4 members (excludes halogenated alkanes) is 3. The molecular weight excluding hydrogens is 218 g/mol. The third-order valence-corrected chi connectivity index (χ3v) is 4.09. The van der Waals surface area contributed by atoms with E-state index in [1.807, 2.05) is 0 Å². The summed E-state index contributed by atoms with van der Waals surface area (Å²) in [4.78, 5) is 0. The van der Waals surface area contributed by atoms with Crippen molar-refractivity contribution in [2.24, 2.45) is 5.73 Å². The van der Waals surface area contributed by atoms with Crippen molar-refractivity contribution >= 4 is 0 Å². The van der Waals surface area contributed by atoms with Crippen molar-refractivity contribution in [3.8, 4) is 0 Å². The second kappa shape index (κ2) is 6.94. The van der Waals surface area contributed by atoms with Gasteiger partial charge in [-0.3, -0.25) is 0 Å². The fourth-order valence-corrected chi connectivity index (χ4v) is 2.99. The van der Waals surface area contributed by atoms with E-state index in [1.165, 1.54) is 56.9 Å². The molecule has 0 aliphatic heterocycles. The van der Waals surface area contributed by atoms with E-state index in [-0.39, 0.29) is 0 Å². The van der Waals surface area contributed by atoms with Gasteiger partial charge in [0.25, 0.3) is 0 Å². The van der Waals surface area contributed by atoms with E-state index in [1.54, 1.807) is 11.1 Å². The van der Waals surface area contributed by atoms with E-state index in [2.05, 4.69) is 25.1 Å². The highest BCUT2D eigenvalue weighted by atomic mass is 14.6. The van der Waals surface area contributed by atoms with Crippen molar-refractivity contribution in [2.45, 2.75) is 70.8 Å². The average Bonchev–Trinajstić information content (AvgIpc) is 2.82. The molecule has 0 fully saturated rings. The summed E-state index contributed by atoms with van der Waals surface area (Å²) in [6, 6.07) is 7.35.